The van der Waals surface area contributed by atoms with Gasteiger partial charge in [0.25, 0.3) is 0 Å². The Hall–Kier alpha value is -2.51. The Kier molecular flexibility index (Phi) is 7.10. The zero-order valence-electron chi connectivity index (χ0n) is 16.5. The van der Waals surface area contributed by atoms with Gasteiger partial charge in [0.1, 0.15) is 0 Å². The molecule has 0 amide bonds. The van der Waals surface area contributed by atoms with Gasteiger partial charge in [-0.3, -0.25) is 4.79 Å². The molecule has 0 saturated carbocycles. The summed E-state index contributed by atoms with van der Waals surface area (Å²) in [7, 11) is -3.64. The summed E-state index contributed by atoms with van der Waals surface area (Å²) in [6.45, 7) is 6.98. The molecule has 0 fully saturated rings. The van der Waals surface area contributed by atoms with Crippen molar-refractivity contribution in [1.29, 1.82) is 0 Å². The summed E-state index contributed by atoms with van der Waals surface area (Å²) < 4.78 is 32.1. The van der Waals surface area contributed by atoms with E-state index in [1.165, 1.54) is 24.3 Å². The molecule has 0 heterocycles. The van der Waals surface area contributed by atoms with Gasteiger partial charge in [0.05, 0.1) is 10.5 Å². The van der Waals surface area contributed by atoms with Crippen LogP contribution in [0.1, 0.15) is 52.1 Å². The third-order valence-corrected chi connectivity index (χ3v) is 6.00. The molecule has 6 nitrogen and oxygen atoms in total. The van der Waals surface area contributed by atoms with Crippen LogP contribution in [0.25, 0.3) is 0 Å². The first kappa shape index (κ1) is 21.8. The van der Waals surface area contributed by atoms with Crippen LogP contribution in [0, 0.1) is 13.8 Å². The molecular formula is C21H25NO5S. The Morgan fingerprint density at radius 1 is 1.07 bits per heavy atom. The summed E-state index contributed by atoms with van der Waals surface area (Å²) in [6.07, 6.45) is 0.665. The maximum absolute atomic E-state index is 12.3. The Morgan fingerprint density at radius 3 is 2.32 bits per heavy atom. The van der Waals surface area contributed by atoms with Crippen molar-refractivity contribution in [3.63, 3.8) is 0 Å². The number of aryl methyl sites for hydroxylation is 2. The van der Waals surface area contributed by atoms with E-state index in [1.807, 2.05) is 32.9 Å². The lowest BCUT2D eigenvalue weighted by Crippen LogP contribution is -2.32. The van der Waals surface area contributed by atoms with E-state index >= 15 is 0 Å². The molecule has 150 valence electrons. The molecule has 0 bridgehead atoms. The zero-order valence-corrected chi connectivity index (χ0v) is 17.3. The number of benzene rings is 2. The van der Waals surface area contributed by atoms with E-state index in [2.05, 4.69) is 4.72 Å². The van der Waals surface area contributed by atoms with Gasteiger partial charge in [-0.25, -0.2) is 17.9 Å². The highest BCUT2D eigenvalue weighted by Gasteiger charge is 2.18. The highest BCUT2D eigenvalue weighted by Crippen LogP contribution is 2.14. The van der Waals surface area contributed by atoms with Gasteiger partial charge in [0, 0.05) is 11.6 Å². The monoisotopic (exact) mass is 403 g/mol. The molecule has 0 unspecified atom stereocenters. The first-order chi connectivity index (χ1) is 13.1. The average molecular weight is 404 g/mol. The van der Waals surface area contributed by atoms with Crippen molar-refractivity contribution in [2.24, 2.45) is 0 Å². The fourth-order valence-electron chi connectivity index (χ4n) is 2.51. The number of ether oxygens (including phenoxy) is 1. The van der Waals surface area contributed by atoms with Crippen molar-refractivity contribution in [2.45, 2.75) is 45.1 Å². The molecule has 7 heteroatoms. The minimum atomic E-state index is -3.64. The van der Waals surface area contributed by atoms with Crippen LogP contribution in [-0.4, -0.2) is 32.8 Å². The van der Waals surface area contributed by atoms with Crippen molar-refractivity contribution >= 4 is 21.8 Å². The Bertz CT molecular complexity index is 965. The molecule has 0 radical (unpaired) electrons. The van der Waals surface area contributed by atoms with Gasteiger partial charge >= 0.3 is 5.97 Å². The predicted molar refractivity (Wildman–Crippen MR) is 107 cm³/mol. The molecule has 2 rings (SSSR count). The second kappa shape index (κ2) is 9.12. The normalized spacial score (nSPS) is 12.4. The Morgan fingerprint density at radius 2 is 1.71 bits per heavy atom. The third-order valence-electron chi connectivity index (χ3n) is 4.40. The molecule has 0 spiro atoms. The second-order valence-electron chi connectivity index (χ2n) is 6.77. The van der Waals surface area contributed by atoms with E-state index in [-0.39, 0.29) is 28.9 Å². The van der Waals surface area contributed by atoms with Crippen LogP contribution >= 0.6 is 0 Å². The number of hydrogen-bond donors (Lipinski definition) is 1. The lowest BCUT2D eigenvalue weighted by molar-refractivity contribution is 0.0474. The van der Waals surface area contributed by atoms with Crippen LogP contribution in [0.5, 0.6) is 0 Å². The summed E-state index contributed by atoms with van der Waals surface area (Å²) >= 11 is 0. The lowest BCUT2D eigenvalue weighted by atomic mass is 10.0. The van der Waals surface area contributed by atoms with E-state index in [1.54, 1.807) is 13.0 Å². The Balaban J connectivity index is 2.03. The number of rotatable bonds is 8. The van der Waals surface area contributed by atoms with E-state index < -0.39 is 16.0 Å². The maximum atomic E-state index is 12.3. The van der Waals surface area contributed by atoms with Gasteiger partial charge in [-0.2, -0.15) is 0 Å². The molecule has 0 aromatic heterocycles. The fourth-order valence-corrected chi connectivity index (χ4v) is 3.84. The molecule has 2 aromatic rings. The Labute approximate surface area is 166 Å². The van der Waals surface area contributed by atoms with Gasteiger partial charge in [0.15, 0.2) is 6.61 Å². The van der Waals surface area contributed by atoms with Crippen molar-refractivity contribution in [3.8, 4) is 0 Å². The summed E-state index contributed by atoms with van der Waals surface area (Å²) in [4.78, 5) is 24.5. The summed E-state index contributed by atoms with van der Waals surface area (Å²) in [5.41, 5.74) is 2.46. The first-order valence-corrected chi connectivity index (χ1v) is 10.5. The number of hydrogen-bond acceptors (Lipinski definition) is 5. The molecule has 0 aliphatic carbocycles. The fraction of sp³-hybridized carbons (Fsp3) is 0.333. The van der Waals surface area contributed by atoms with Crippen molar-refractivity contribution in [3.05, 3.63) is 64.7 Å². The van der Waals surface area contributed by atoms with Crippen LogP contribution in [0.4, 0.5) is 0 Å². The molecule has 1 atom stereocenters. The van der Waals surface area contributed by atoms with Gasteiger partial charge in [0.2, 0.25) is 15.8 Å². The highest BCUT2D eigenvalue weighted by atomic mass is 32.2. The van der Waals surface area contributed by atoms with Crippen molar-refractivity contribution in [2.75, 3.05) is 6.61 Å². The molecule has 0 saturated heterocycles. The quantitative estimate of drug-likeness (QED) is 0.539. The molecule has 2 aromatic carbocycles. The standard InChI is InChI=1S/C21H25NO5S/c1-5-16(4)22-28(25,26)18-10-8-17(9-11-18)21(24)27-13-20(23)19-12-14(2)6-7-15(19)3/h6-12,16,22H,5,13H2,1-4H3/t16-/m0/s1. The van der Waals surface area contributed by atoms with E-state index in [0.29, 0.717) is 12.0 Å². The number of sulfonamides is 1. The van der Waals surface area contributed by atoms with Crippen LogP contribution in [0.3, 0.4) is 0 Å². The molecular weight excluding hydrogens is 378 g/mol. The second-order valence-corrected chi connectivity index (χ2v) is 8.49. The van der Waals surface area contributed by atoms with E-state index in [4.69, 9.17) is 4.74 Å². The van der Waals surface area contributed by atoms with Crippen molar-refractivity contribution in [1.82, 2.24) is 4.72 Å². The minimum absolute atomic E-state index is 0.0656. The average Bonchev–Trinajstić information content (AvgIpc) is 2.67. The van der Waals surface area contributed by atoms with Crippen LogP contribution in [0.15, 0.2) is 47.4 Å². The van der Waals surface area contributed by atoms with E-state index in [9.17, 15) is 18.0 Å². The van der Waals surface area contributed by atoms with E-state index in [0.717, 1.165) is 11.1 Å². The maximum Gasteiger partial charge on any atom is 0.338 e. The molecule has 0 aliphatic rings. The number of esters is 1. The predicted octanol–water partition coefficient (Wildman–Crippen LogP) is 3.42. The third kappa shape index (κ3) is 5.50. The van der Waals surface area contributed by atoms with Gasteiger partial charge in [-0.15, -0.1) is 0 Å². The van der Waals surface area contributed by atoms with Gasteiger partial charge < -0.3 is 4.74 Å². The highest BCUT2D eigenvalue weighted by molar-refractivity contribution is 7.89. The van der Waals surface area contributed by atoms with Crippen LogP contribution in [0.2, 0.25) is 0 Å². The zero-order chi connectivity index (χ0) is 20.9. The van der Waals surface area contributed by atoms with Crippen LogP contribution in [-0.2, 0) is 14.8 Å². The minimum Gasteiger partial charge on any atom is -0.454 e. The molecule has 1 N–H and O–H groups in total. The summed E-state index contributed by atoms with van der Waals surface area (Å²) in [5.74, 6) is -0.969. The number of Topliss-reactive ketones (excluding diaryl/α,β-unsaturated/α-hetero) is 1. The number of carbonyl (C=O) groups excluding carboxylic acids is 2. The smallest absolute Gasteiger partial charge is 0.338 e. The summed E-state index contributed by atoms with van der Waals surface area (Å²) in [6, 6.07) is 10.7. The number of ketones is 1. The van der Waals surface area contributed by atoms with Crippen LogP contribution < -0.4 is 4.72 Å². The van der Waals surface area contributed by atoms with Gasteiger partial charge in [-0.1, -0.05) is 24.6 Å². The molecule has 0 aliphatic heterocycles. The summed E-state index contributed by atoms with van der Waals surface area (Å²) in [5, 5.41) is 0. The van der Waals surface area contributed by atoms with Gasteiger partial charge in [-0.05, 0) is 63.1 Å². The SMILES string of the molecule is CC[C@H](C)NS(=O)(=O)c1ccc(C(=O)OCC(=O)c2cc(C)ccc2C)cc1. The topological polar surface area (TPSA) is 89.5 Å². The first-order valence-electron chi connectivity index (χ1n) is 9.04. The molecule has 28 heavy (non-hydrogen) atoms. The lowest BCUT2D eigenvalue weighted by Gasteiger charge is -2.12. The number of nitrogens with one attached hydrogen (secondary N) is 1. The number of carbonyl (C=O) groups is 2. The largest absolute Gasteiger partial charge is 0.454 e. The van der Waals surface area contributed by atoms with Crippen molar-refractivity contribution < 1.29 is 22.7 Å².